The lowest BCUT2D eigenvalue weighted by Gasteiger charge is -2.08. The second kappa shape index (κ2) is 4.45. The molecule has 0 saturated heterocycles. The monoisotopic (exact) mass is 221 g/mol. The number of halogens is 1. The van der Waals surface area contributed by atoms with Crippen LogP contribution in [0.1, 0.15) is 6.92 Å². The van der Waals surface area contributed by atoms with Gasteiger partial charge in [-0.25, -0.2) is 0 Å². The van der Waals surface area contributed by atoms with Gasteiger partial charge in [0.15, 0.2) is 5.82 Å². The molecule has 1 unspecified atom stereocenters. The predicted molar refractivity (Wildman–Crippen MR) is 63.3 cm³/mol. The summed E-state index contributed by atoms with van der Waals surface area (Å²) >= 11 is 5.87. The summed E-state index contributed by atoms with van der Waals surface area (Å²) in [5.74, 6) is 0.792. The third-order valence-corrected chi connectivity index (χ3v) is 2.28. The van der Waals surface area contributed by atoms with Crippen LogP contribution in [0.4, 0.5) is 5.82 Å². The van der Waals surface area contributed by atoms with Crippen LogP contribution in [0.15, 0.2) is 30.5 Å². The Balaban J connectivity index is 2.34. The Bertz CT molecular complexity index is 451. The van der Waals surface area contributed by atoms with E-state index in [0.717, 1.165) is 16.6 Å². The average molecular weight is 222 g/mol. The van der Waals surface area contributed by atoms with Gasteiger partial charge in [-0.05, 0) is 6.92 Å². The van der Waals surface area contributed by atoms with Crippen molar-refractivity contribution in [3.05, 3.63) is 30.5 Å². The molecule has 4 heteroatoms. The molecule has 3 nitrogen and oxygen atoms in total. The van der Waals surface area contributed by atoms with Gasteiger partial charge in [0, 0.05) is 22.7 Å². The first kappa shape index (κ1) is 10.2. The predicted octanol–water partition coefficient (Wildman–Crippen LogP) is 2.67. The number of aromatic nitrogens is 2. The number of alkyl halides is 1. The van der Waals surface area contributed by atoms with Gasteiger partial charge in [-0.15, -0.1) is 16.7 Å². The Morgan fingerprint density at radius 2 is 2.20 bits per heavy atom. The summed E-state index contributed by atoms with van der Waals surface area (Å²) < 4.78 is 0. The maximum Gasteiger partial charge on any atom is 0.156 e. The van der Waals surface area contributed by atoms with Gasteiger partial charge >= 0.3 is 0 Å². The minimum Gasteiger partial charge on any atom is -0.367 e. The fourth-order valence-electron chi connectivity index (χ4n) is 1.40. The van der Waals surface area contributed by atoms with Crippen molar-refractivity contribution in [3.8, 4) is 0 Å². The van der Waals surface area contributed by atoms with E-state index >= 15 is 0 Å². The number of nitrogens with one attached hydrogen (secondary N) is 1. The fourth-order valence-corrected chi connectivity index (χ4v) is 1.47. The molecule has 0 aliphatic heterocycles. The topological polar surface area (TPSA) is 37.8 Å². The summed E-state index contributed by atoms with van der Waals surface area (Å²) in [6, 6.07) is 8.00. The first-order valence-electron chi connectivity index (χ1n) is 4.86. The lowest BCUT2D eigenvalue weighted by molar-refractivity contribution is 0.958. The van der Waals surface area contributed by atoms with Crippen molar-refractivity contribution in [3.63, 3.8) is 0 Å². The molecule has 1 N–H and O–H groups in total. The van der Waals surface area contributed by atoms with Gasteiger partial charge in [0.05, 0.1) is 6.20 Å². The maximum atomic E-state index is 5.87. The van der Waals surface area contributed by atoms with Gasteiger partial charge in [-0.3, -0.25) is 0 Å². The van der Waals surface area contributed by atoms with Crippen molar-refractivity contribution < 1.29 is 0 Å². The zero-order valence-electron chi connectivity index (χ0n) is 8.44. The van der Waals surface area contributed by atoms with Crippen molar-refractivity contribution in [2.75, 3.05) is 11.9 Å². The molecule has 1 atom stereocenters. The SMILES string of the molecule is CC(Cl)CNc1nncc2ccccc12. The molecule has 78 valence electrons. The van der Waals surface area contributed by atoms with Crippen LogP contribution in [-0.4, -0.2) is 22.1 Å². The van der Waals surface area contributed by atoms with Gasteiger partial charge in [0.2, 0.25) is 0 Å². The third kappa shape index (κ3) is 2.36. The van der Waals surface area contributed by atoms with Gasteiger partial charge in [-0.2, -0.15) is 5.10 Å². The third-order valence-electron chi connectivity index (χ3n) is 2.12. The Hall–Kier alpha value is -1.35. The van der Waals surface area contributed by atoms with Crippen LogP contribution < -0.4 is 5.32 Å². The van der Waals surface area contributed by atoms with Crippen molar-refractivity contribution in [1.82, 2.24) is 10.2 Å². The number of hydrogen-bond acceptors (Lipinski definition) is 3. The van der Waals surface area contributed by atoms with E-state index in [1.807, 2.05) is 31.2 Å². The molecule has 2 aromatic rings. The zero-order valence-corrected chi connectivity index (χ0v) is 9.20. The number of hydrogen-bond donors (Lipinski definition) is 1. The number of anilines is 1. The minimum absolute atomic E-state index is 0.0748. The molecule has 0 amide bonds. The molecule has 15 heavy (non-hydrogen) atoms. The molecule has 1 aromatic heterocycles. The number of rotatable bonds is 3. The van der Waals surface area contributed by atoms with Crippen LogP contribution in [0.2, 0.25) is 0 Å². The van der Waals surface area contributed by atoms with Crippen molar-refractivity contribution >= 4 is 28.2 Å². The van der Waals surface area contributed by atoms with E-state index in [9.17, 15) is 0 Å². The average Bonchev–Trinajstić information content (AvgIpc) is 2.26. The van der Waals surface area contributed by atoms with E-state index in [-0.39, 0.29) is 5.38 Å². The Kier molecular flexibility index (Phi) is 3.02. The first-order chi connectivity index (χ1) is 7.27. The van der Waals surface area contributed by atoms with Gasteiger partial charge < -0.3 is 5.32 Å². The molecule has 0 bridgehead atoms. The van der Waals surface area contributed by atoms with Crippen molar-refractivity contribution in [1.29, 1.82) is 0 Å². The van der Waals surface area contributed by atoms with Crippen LogP contribution in [0, 0.1) is 0 Å². The van der Waals surface area contributed by atoms with E-state index in [1.165, 1.54) is 0 Å². The highest BCUT2D eigenvalue weighted by atomic mass is 35.5. The lowest BCUT2D eigenvalue weighted by Crippen LogP contribution is -2.12. The molecule has 0 aliphatic rings. The van der Waals surface area contributed by atoms with E-state index in [0.29, 0.717) is 6.54 Å². The number of nitrogens with zero attached hydrogens (tertiary/aromatic N) is 2. The highest BCUT2D eigenvalue weighted by Gasteiger charge is 2.03. The molecular formula is C11H12ClN3. The van der Waals surface area contributed by atoms with Crippen LogP contribution in [0.5, 0.6) is 0 Å². The van der Waals surface area contributed by atoms with Gasteiger partial charge in [-0.1, -0.05) is 24.3 Å². The molecule has 1 aromatic carbocycles. The Labute approximate surface area is 93.5 Å². The fraction of sp³-hybridized carbons (Fsp3) is 0.273. The first-order valence-corrected chi connectivity index (χ1v) is 5.29. The summed E-state index contributed by atoms with van der Waals surface area (Å²) in [4.78, 5) is 0. The van der Waals surface area contributed by atoms with Crippen LogP contribution in [-0.2, 0) is 0 Å². The summed E-state index contributed by atoms with van der Waals surface area (Å²) in [5.41, 5.74) is 0. The lowest BCUT2D eigenvalue weighted by atomic mass is 10.2. The molecule has 1 heterocycles. The van der Waals surface area contributed by atoms with Crippen LogP contribution in [0.25, 0.3) is 10.8 Å². The smallest absolute Gasteiger partial charge is 0.156 e. The van der Waals surface area contributed by atoms with Crippen LogP contribution >= 0.6 is 11.6 Å². The minimum atomic E-state index is 0.0748. The molecular weight excluding hydrogens is 210 g/mol. The molecule has 0 aliphatic carbocycles. The second-order valence-electron chi connectivity index (χ2n) is 3.44. The molecule has 0 radical (unpaired) electrons. The summed E-state index contributed by atoms with van der Waals surface area (Å²) in [5, 5.41) is 13.4. The molecule has 0 fully saturated rings. The standard InChI is InChI=1S/C11H12ClN3/c1-8(12)6-13-11-10-5-3-2-4-9(10)7-14-15-11/h2-5,7-8H,6H2,1H3,(H,13,15). The Morgan fingerprint density at radius 1 is 1.40 bits per heavy atom. The number of benzene rings is 1. The molecule has 0 spiro atoms. The van der Waals surface area contributed by atoms with Gasteiger partial charge in [0.1, 0.15) is 0 Å². The summed E-state index contributed by atoms with van der Waals surface area (Å²) in [6.07, 6.45) is 1.75. The maximum absolute atomic E-state index is 5.87. The van der Waals surface area contributed by atoms with Crippen LogP contribution in [0.3, 0.4) is 0 Å². The zero-order chi connectivity index (χ0) is 10.7. The number of fused-ring (bicyclic) bond motifs is 1. The largest absolute Gasteiger partial charge is 0.367 e. The van der Waals surface area contributed by atoms with Gasteiger partial charge in [0.25, 0.3) is 0 Å². The molecule has 0 saturated carbocycles. The highest BCUT2D eigenvalue weighted by molar-refractivity contribution is 6.20. The Morgan fingerprint density at radius 3 is 3.00 bits per heavy atom. The molecule has 2 rings (SSSR count). The summed E-state index contributed by atoms with van der Waals surface area (Å²) in [6.45, 7) is 2.62. The van der Waals surface area contributed by atoms with E-state index < -0.39 is 0 Å². The highest BCUT2D eigenvalue weighted by Crippen LogP contribution is 2.19. The van der Waals surface area contributed by atoms with E-state index in [4.69, 9.17) is 11.6 Å². The van der Waals surface area contributed by atoms with E-state index in [1.54, 1.807) is 6.20 Å². The van der Waals surface area contributed by atoms with E-state index in [2.05, 4.69) is 15.5 Å². The summed E-state index contributed by atoms with van der Waals surface area (Å²) in [7, 11) is 0. The second-order valence-corrected chi connectivity index (χ2v) is 4.19. The quantitative estimate of drug-likeness (QED) is 0.810. The van der Waals surface area contributed by atoms with Crippen molar-refractivity contribution in [2.45, 2.75) is 12.3 Å². The van der Waals surface area contributed by atoms with Crippen molar-refractivity contribution in [2.24, 2.45) is 0 Å². The normalized spacial score (nSPS) is 12.7.